The Balaban J connectivity index is 0.00000400. The highest BCUT2D eigenvalue weighted by atomic mass is 127. The van der Waals surface area contributed by atoms with Gasteiger partial charge in [-0.15, -0.1) is 24.0 Å². The Morgan fingerprint density at radius 2 is 1.67 bits per heavy atom. The van der Waals surface area contributed by atoms with Crippen molar-refractivity contribution in [2.24, 2.45) is 4.99 Å². The summed E-state index contributed by atoms with van der Waals surface area (Å²) in [4.78, 5) is 19.6. The number of amides is 1. The Morgan fingerprint density at radius 3 is 2.10 bits per heavy atom. The first-order valence-electron chi connectivity index (χ1n) is 6.27. The number of hydrogen-bond acceptors (Lipinski definition) is 3. The van der Waals surface area contributed by atoms with Gasteiger partial charge in [-0.05, 0) is 17.7 Å². The lowest BCUT2D eigenvalue weighted by molar-refractivity contribution is 0.187. The number of rotatable bonds is 3. The number of hydrogen-bond donors (Lipinski definition) is 1. The van der Waals surface area contributed by atoms with Crippen molar-refractivity contribution in [1.29, 1.82) is 0 Å². The monoisotopic (exact) mass is 406 g/mol. The number of methoxy groups -OCH3 is 1. The smallest absolute Gasteiger partial charge is 0.411 e. The lowest BCUT2D eigenvalue weighted by Crippen LogP contribution is -2.35. The van der Waals surface area contributed by atoms with E-state index in [1.165, 1.54) is 7.11 Å². The molecule has 0 bridgehead atoms. The summed E-state index contributed by atoms with van der Waals surface area (Å²) in [6.45, 7) is 0.587. The van der Waals surface area contributed by atoms with E-state index in [1.807, 2.05) is 62.3 Å². The zero-order valence-electron chi connectivity index (χ0n) is 13.1. The number of carbonyl (C=O) groups is 1. The van der Waals surface area contributed by atoms with E-state index in [9.17, 15) is 4.79 Å². The highest BCUT2D eigenvalue weighted by Gasteiger charge is 2.04. The van der Waals surface area contributed by atoms with Crippen LogP contribution in [-0.2, 0) is 11.3 Å². The molecule has 1 amide bonds. The van der Waals surface area contributed by atoms with Gasteiger partial charge in [-0.25, -0.2) is 9.79 Å². The number of nitrogens with one attached hydrogen (secondary N) is 1. The van der Waals surface area contributed by atoms with Crippen molar-refractivity contribution >= 4 is 41.7 Å². The Hall–Kier alpha value is -1.51. The van der Waals surface area contributed by atoms with Crippen LogP contribution < -0.4 is 5.32 Å². The third kappa shape index (κ3) is 6.65. The molecule has 0 heterocycles. The van der Waals surface area contributed by atoms with E-state index in [0.717, 1.165) is 11.5 Å². The highest BCUT2D eigenvalue weighted by molar-refractivity contribution is 14.0. The zero-order valence-corrected chi connectivity index (χ0v) is 15.4. The van der Waals surface area contributed by atoms with Crippen molar-refractivity contribution in [1.82, 2.24) is 9.80 Å². The summed E-state index contributed by atoms with van der Waals surface area (Å²) >= 11 is 0. The number of aliphatic imine (C=N–C) groups is 1. The van der Waals surface area contributed by atoms with E-state index in [0.29, 0.717) is 12.2 Å². The molecule has 0 saturated heterocycles. The number of carbonyl (C=O) groups excluding carboxylic acids is 1. The van der Waals surface area contributed by atoms with Gasteiger partial charge < -0.3 is 14.5 Å². The Labute approximate surface area is 143 Å². The first-order chi connectivity index (χ1) is 9.43. The van der Waals surface area contributed by atoms with Crippen molar-refractivity contribution in [2.75, 3.05) is 40.6 Å². The van der Waals surface area contributed by atoms with E-state index in [1.54, 1.807) is 0 Å². The van der Waals surface area contributed by atoms with Gasteiger partial charge in [-0.1, -0.05) is 12.1 Å². The molecule has 0 saturated carbocycles. The number of benzene rings is 1. The summed E-state index contributed by atoms with van der Waals surface area (Å²) in [7, 11) is 9.18. The molecule has 118 valence electrons. The van der Waals surface area contributed by atoms with Crippen molar-refractivity contribution in [3.8, 4) is 0 Å². The van der Waals surface area contributed by atoms with Gasteiger partial charge >= 0.3 is 6.09 Å². The third-order valence-corrected chi connectivity index (χ3v) is 2.59. The number of anilines is 1. The molecule has 0 atom stereocenters. The molecule has 0 unspecified atom stereocenters. The largest absolute Gasteiger partial charge is 0.453 e. The number of guanidine groups is 1. The molecule has 0 aliphatic rings. The fraction of sp³-hybridized carbons (Fsp3) is 0.429. The molecule has 7 heteroatoms. The summed E-state index contributed by atoms with van der Waals surface area (Å²) in [6, 6.07) is 7.51. The van der Waals surface area contributed by atoms with E-state index in [2.05, 4.69) is 15.0 Å². The van der Waals surface area contributed by atoms with Crippen molar-refractivity contribution in [2.45, 2.75) is 6.54 Å². The maximum atomic E-state index is 11.1. The molecular weight excluding hydrogens is 383 g/mol. The first-order valence-corrected chi connectivity index (χ1v) is 6.27. The molecule has 0 aromatic heterocycles. The van der Waals surface area contributed by atoms with Crippen molar-refractivity contribution < 1.29 is 9.53 Å². The molecule has 1 N–H and O–H groups in total. The van der Waals surface area contributed by atoms with E-state index >= 15 is 0 Å². The second-order valence-electron chi connectivity index (χ2n) is 4.72. The highest BCUT2D eigenvalue weighted by Crippen LogP contribution is 2.11. The Bertz CT molecular complexity index is 462. The molecule has 0 radical (unpaired) electrons. The minimum atomic E-state index is -0.474. The van der Waals surface area contributed by atoms with Gasteiger partial charge in [-0.3, -0.25) is 5.32 Å². The molecular formula is C14H23IN4O2. The normalized spacial score (nSPS) is 9.19. The predicted molar refractivity (Wildman–Crippen MR) is 96.4 cm³/mol. The van der Waals surface area contributed by atoms with Crippen LogP contribution in [0, 0.1) is 0 Å². The lowest BCUT2D eigenvalue weighted by Gasteiger charge is -2.22. The van der Waals surface area contributed by atoms with Crippen molar-refractivity contribution in [3.05, 3.63) is 29.8 Å². The first kappa shape index (κ1) is 19.5. The second kappa shape index (κ2) is 9.43. The van der Waals surface area contributed by atoms with Gasteiger partial charge in [0.05, 0.1) is 13.7 Å². The van der Waals surface area contributed by atoms with Gasteiger partial charge in [0.25, 0.3) is 0 Å². The van der Waals surface area contributed by atoms with Crippen LogP contribution in [-0.4, -0.2) is 57.2 Å². The molecule has 1 rings (SSSR count). The molecule has 1 aromatic rings. The SMILES string of the molecule is COC(=O)Nc1ccc(CN=C(N(C)C)N(C)C)cc1.I. The van der Waals surface area contributed by atoms with Gasteiger partial charge in [-0.2, -0.15) is 0 Å². The van der Waals surface area contributed by atoms with Crippen LogP contribution in [0.1, 0.15) is 5.56 Å². The molecule has 6 nitrogen and oxygen atoms in total. The summed E-state index contributed by atoms with van der Waals surface area (Å²) in [5, 5.41) is 2.61. The summed E-state index contributed by atoms with van der Waals surface area (Å²) < 4.78 is 4.53. The molecule has 0 aliphatic heterocycles. The van der Waals surface area contributed by atoms with Crippen LogP contribution >= 0.6 is 24.0 Å². The molecule has 1 aromatic carbocycles. The Kier molecular flexibility index (Phi) is 8.75. The Morgan fingerprint density at radius 1 is 1.14 bits per heavy atom. The fourth-order valence-corrected chi connectivity index (χ4v) is 1.71. The van der Waals surface area contributed by atoms with Gasteiger partial charge in [0.1, 0.15) is 0 Å². The summed E-state index contributed by atoms with van der Waals surface area (Å²) in [5.41, 5.74) is 1.77. The summed E-state index contributed by atoms with van der Waals surface area (Å²) in [6.07, 6.45) is -0.474. The number of nitrogens with zero attached hydrogens (tertiary/aromatic N) is 3. The quantitative estimate of drug-likeness (QED) is 0.476. The van der Waals surface area contributed by atoms with Gasteiger partial charge in [0, 0.05) is 33.9 Å². The van der Waals surface area contributed by atoms with E-state index < -0.39 is 6.09 Å². The molecule has 0 spiro atoms. The van der Waals surface area contributed by atoms with Crippen LogP contribution in [0.5, 0.6) is 0 Å². The molecule has 21 heavy (non-hydrogen) atoms. The van der Waals surface area contributed by atoms with Crippen LogP contribution in [0.15, 0.2) is 29.3 Å². The minimum Gasteiger partial charge on any atom is -0.453 e. The fourth-order valence-electron chi connectivity index (χ4n) is 1.71. The van der Waals surface area contributed by atoms with Crippen LogP contribution in [0.2, 0.25) is 0 Å². The maximum absolute atomic E-state index is 11.1. The standard InChI is InChI=1S/C14H22N4O2.HI/c1-17(2)13(18(3)4)15-10-11-6-8-12(9-7-11)16-14(19)20-5;/h6-9H,10H2,1-5H3,(H,16,19);1H. The molecule has 0 aliphatic carbocycles. The van der Waals surface area contributed by atoms with Crippen LogP contribution in [0.25, 0.3) is 0 Å². The average molecular weight is 406 g/mol. The third-order valence-electron chi connectivity index (χ3n) is 2.59. The predicted octanol–water partition coefficient (Wildman–Crippen LogP) is 2.46. The molecule has 0 fully saturated rings. The summed E-state index contributed by atoms with van der Waals surface area (Å²) in [5.74, 6) is 0.904. The van der Waals surface area contributed by atoms with E-state index in [-0.39, 0.29) is 24.0 Å². The van der Waals surface area contributed by atoms with Crippen molar-refractivity contribution in [3.63, 3.8) is 0 Å². The van der Waals surface area contributed by atoms with Gasteiger partial charge in [0.15, 0.2) is 5.96 Å². The maximum Gasteiger partial charge on any atom is 0.411 e. The van der Waals surface area contributed by atoms with Crippen LogP contribution in [0.4, 0.5) is 10.5 Å². The topological polar surface area (TPSA) is 57.2 Å². The number of ether oxygens (including phenoxy) is 1. The lowest BCUT2D eigenvalue weighted by atomic mass is 10.2. The van der Waals surface area contributed by atoms with Crippen LogP contribution in [0.3, 0.4) is 0 Å². The van der Waals surface area contributed by atoms with Gasteiger partial charge in [0.2, 0.25) is 0 Å². The second-order valence-corrected chi connectivity index (χ2v) is 4.72. The average Bonchev–Trinajstić information content (AvgIpc) is 2.40. The zero-order chi connectivity index (χ0) is 15.1. The minimum absolute atomic E-state index is 0. The number of halogens is 1. The van der Waals surface area contributed by atoms with E-state index in [4.69, 9.17) is 0 Å².